The first kappa shape index (κ1) is 13.9. The molecule has 1 N–H and O–H groups in total. The van der Waals surface area contributed by atoms with Crippen molar-refractivity contribution in [1.29, 1.82) is 0 Å². The third-order valence-corrected chi connectivity index (χ3v) is 3.66. The van der Waals surface area contributed by atoms with E-state index in [1.54, 1.807) is 18.2 Å². The zero-order chi connectivity index (χ0) is 13.8. The van der Waals surface area contributed by atoms with Crippen LogP contribution >= 0.6 is 23.2 Å². The predicted molar refractivity (Wildman–Crippen MR) is 77.0 cm³/mol. The van der Waals surface area contributed by atoms with Crippen LogP contribution in [0.1, 0.15) is 17.0 Å². The van der Waals surface area contributed by atoms with Gasteiger partial charge in [0.25, 0.3) is 0 Å². The molecule has 0 spiro atoms. The van der Waals surface area contributed by atoms with Crippen molar-refractivity contribution in [2.75, 3.05) is 0 Å². The third kappa shape index (κ3) is 3.49. The average molecular weight is 295 g/mol. The molecule has 0 aliphatic carbocycles. The van der Waals surface area contributed by atoms with Crippen molar-refractivity contribution in [3.05, 3.63) is 69.7 Å². The monoisotopic (exact) mass is 294 g/mol. The highest BCUT2D eigenvalue weighted by molar-refractivity contribution is 6.42. The summed E-state index contributed by atoms with van der Waals surface area (Å²) in [6, 6.07) is 14.4. The van der Waals surface area contributed by atoms with E-state index in [2.05, 4.69) is 0 Å². The zero-order valence-electron chi connectivity index (χ0n) is 10.0. The molecule has 0 aromatic heterocycles. The van der Waals surface area contributed by atoms with Crippen LogP contribution in [0.3, 0.4) is 0 Å². The molecule has 2 nitrogen and oxygen atoms in total. The molecule has 4 heteroatoms. The van der Waals surface area contributed by atoms with E-state index in [-0.39, 0.29) is 0 Å². The van der Waals surface area contributed by atoms with E-state index < -0.39 is 11.9 Å². The Kier molecular flexibility index (Phi) is 4.46. The van der Waals surface area contributed by atoms with E-state index in [0.29, 0.717) is 16.5 Å². The minimum absolute atomic E-state index is 0.385. The van der Waals surface area contributed by atoms with Gasteiger partial charge in [0.2, 0.25) is 0 Å². The Balaban J connectivity index is 2.27. The Morgan fingerprint density at radius 3 is 2.32 bits per heavy atom. The molecule has 1 atom stereocenters. The molecule has 0 bridgehead atoms. The lowest BCUT2D eigenvalue weighted by Gasteiger charge is -2.13. The van der Waals surface area contributed by atoms with Gasteiger partial charge in [-0.05, 0) is 29.7 Å². The number of carboxylic acids is 1. The molecule has 0 aliphatic heterocycles. The number of aliphatic carboxylic acids is 1. The largest absolute Gasteiger partial charge is 0.481 e. The van der Waals surface area contributed by atoms with Crippen LogP contribution in [0.25, 0.3) is 0 Å². The summed E-state index contributed by atoms with van der Waals surface area (Å²) < 4.78 is 0. The normalized spacial score (nSPS) is 12.1. The summed E-state index contributed by atoms with van der Waals surface area (Å²) in [5.74, 6) is -1.43. The maximum atomic E-state index is 11.4. The third-order valence-electron chi connectivity index (χ3n) is 2.92. The second-order valence-corrected chi connectivity index (χ2v) is 5.07. The smallest absolute Gasteiger partial charge is 0.311 e. The first-order chi connectivity index (χ1) is 9.08. The highest BCUT2D eigenvalue weighted by Gasteiger charge is 2.20. The first-order valence-electron chi connectivity index (χ1n) is 5.79. The number of benzene rings is 2. The molecule has 2 aromatic rings. The molecular formula is C15H12Cl2O2. The van der Waals surface area contributed by atoms with Crippen LogP contribution in [-0.2, 0) is 11.2 Å². The van der Waals surface area contributed by atoms with Gasteiger partial charge < -0.3 is 5.11 Å². The molecule has 98 valence electrons. The van der Waals surface area contributed by atoms with Crippen LogP contribution in [-0.4, -0.2) is 11.1 Å². The number of carboxylic acid groups (broad SMARTS) is 1. The summed E-state index contributed by atoms with van der Waals surface area (Å²) >= 11 is 11.8. The van der Waals surface area contributed by atoms with Crippen molar-refractivity contribution < 1.29 is 9.90 Å². The van der Waals surface area contributed by atoms with Crippen LogP contribution in [0.5, 0.6) is 0 Å². The molecule has 19 heavy (non-hydrogen) atoms. The second kappa shape index (κ2) is 6.09. The van der Waals surface area contributed by atoms with E-state index in [1.807, 2.05) is 30.3 Å². The molecule has 0 unspecified atom stereocenters. The van der Waals surface area contributed by atoms with E-state index >= 15 is 0 Å². The maximum absolute atomic E-state index is 11.4. The van der Waals surface area contributed by atoms with Gasteiger partial charge in [0.05, 0.1) is 16.0 Å². The van der Waals surface area contributed by atoms with Gasteiger partial charge in [-0.2, -0.15) is 0 Å². The number of halogens is 2. The lowest BCUT2D eigenvalue weighted by molar-refractivity contribution is -0.138. The SMILES string of the molecule is O=C(O)[C@H](Cc1ccc(Cl)c(Cl)c1)c1ccccc1. The standard InChI is InChI=1S/C15H12Cl2O2/c16-13-7-6-10(9-14(13)17)8-12(15(18)19)11-4-2-1-3-5-11/h1-7,9,12H,8H2,(H,18,19)/t12-/m1/s1. The Bertz CT molecular complexity index is 582. The Morgan fingerprint density at radius 2 is 1.74 bits per heavy atom. The van der Waals surface area contributed by atoms with Gasteiger partial charge in [-0.3, -0.25) is 4.79 Å². The average Bonchev–Trinajstić information content (AvgIpc) is 2.40. The fourth-order valence-corrected chi connectivity index (χ4v) is 2.26. The predicted octanol–water partition coefficient (Wildman–Crippen LogP) is 4.40. The van der Waals surface area contributed by atoms with Gasteiger partial charge >= 0.3 is 5.97 Å². The molecule has 2 aromatic carbocycles. The van der Waals surface area contributed by atoms with Crippen molar-refractivity contribution in [3.8, 4) is 0 Å². The van der Waals surface area contributed by atoms with Gasteiger partial charge in [-0.25, -0.2) is 0 Å². The Hall–Kier alpha value is -1.51. The summed E-state index contributed by atoms with van der Waals surface area (Å²) in [5.41, 5.74) is 1.63. The summed E-state index contributed by atoms with van der Waals surface area (Å²) in [6.45, 7) is 0. The summed E-state index contributed by atoms with van der Waals surface area (Å²) in [6.07, 6.45) is 0.385. The van der Waals surface area contributed by atoms with Gasteiger partial charge in [0.15, 0.2) is 0 Å². The molecular weight excluding hydrogens is 283 g/mol. The minimum atomic E-state index is -0.850. The van der Waals surface area contributed by atoms with Gasteiger partial charge in [-0.1, -0.05) is 59.6 Å². The highest BCUT2D eigenvalue weighted by Crippen LogP contribution is 2.26. The van der Waals surface area contributed by atoms with Crippen LogP contribution in [0.2, 0.25) is 10.0 Å². The summed E-state index contributed by atoms with van der Waals surface area (Å²) in [5, 5.41) is 10.3. The van der Waals surface area contributed by atoms with Crippen LogP contribution in [0.4, 0.5) is 0 Å². The first-order valence-corrected chi connectivity index (χ1v) is 6.55. The van der Waals surface area contributed by atoms with Crippen LogP contribution in [0.15, 0.2) is 48.5 Å². The van der Waals surface area contributed by atoms with Crippen molar-refractivity contribution in [3.63, 3.8) is 0 Å². The molecule has 2 rings (SSSR count). The van der Waals surface area contributed by atoms with E-state index in [1.165, 1.54) is 0 Å². The fraction of sp³-hybridized carbons (Fsp3) is 0.133. The Morgan fingerprint density at radius 1 is 1.05 bits per heavy atom. The molecule has 0 heterocycles. The van der Waals surface area contributed by atoms with E-state index in [9.17, 15) is 9.90 Å². The van der Waals surface area contributed by atoms with E-state index in [0.717, 1.165) is 11.1 Å². The van der Waals surface area contributed by atoms with Crippen molar-refractivity contribution in [2.45, 2.75) is 12.3 Å². The van der Waals surface area contributed by atoms with Crippen molar-refractivity contribution in [2.24, 2.45) is 0 Å². The van der Waals surface area contributed by atoms with Gasteiger partial charge in [0, 0.05) is 0 Å². The highest BCUT2D eigenvalue weighted by atomic mass is 35.5. The number of carbonyl (C=O) groups is 1. The van der Waals surface area contributed by atoms with Crippen molar-refractivity contribution in [1.82, 2.24) is 0 Å². The molecule has 0 aliphatic rings. The topological polar surface area (TPSA) is 37.3 Å². The lowest BCUT2D eigenvalue weighted by Crippen LogP contribution is -2.14. The molecule has 0 radical (unpaired) electrons. The minimum Gasteiger partial charge on any atom is -0.481 e. The number of rotatable bonds is 4. The summed E-state index contributed by atoms with van der Waals surface area (Å²) in [7, 11) is 0. The quantitative estimate of drug-likeness (QED) is 0.907. The van der Waals surface area contributed by atoms with Gasteiger partial charge in [-0.15, -0.1) is 0 Å². The van der Waals surface area contributed by atoms with E-state index in [4.69, 9.17) is 23.2 Å². The number of hydrogen-bond donors (Lipinski definition) is 1. The second-order valence-electron chi connectivity index (χ2n) is 4.25. The fourth-order valence-electron chi connectivity index (χ4n) is 1.94. The Labute approximate surface area is 121 Å². The molecule has 0 amide bonds. The van der Waals surface area contributed by atoms with Gasteiger partial charge in [0.1, 0.15) is 0 Å². The molecule has 0 fully saturated rings. The number of hydrogen-bond acceptors (Lipinski definition) is 1. The summed E-state index contributed by atoms with van der Waals surface area (Å²) in [4.78, 5) is 11.4. The van der Waals surface area contributed by atoms with Crippen molar-refractivity contribution >= 4 is 29.2 Å². The van der Waals surface area contributed by atoms with Crippen LogP contribution in [0, 0.1) is 0 Å². The molecule has 0 saturated heterocycles. The molecule has 0 saturated carbocycles. The maximum Gasteiger partial charge on any atom is 0.311 e. The van der Waals surface area contributed by atoms with Crippen LogP contribution < -0.4 is 0 Å². The zero-order valence-corrected chi connectivity index (χ0v) is 11.5. The lowest BCUT2D eigenvalue weighted by atomic mass is 9.92.